The SMILES string of the molecule is COc1ccccc1C(=O)COC(=O)c1ccc(Cl)c(S(=O)(=O)N2CCc3ccccc3C2)c1. The highest BCUT2D eigenvalue weighted by Gasteiger charge is 2.31. The van der Waals surface area contributed by atoms with Crippen LogP contribution in [0, 0.1) is 0 Å². The molecule has 1 heterocycles. The normalized spacial score (nSPS) is 13.7. The lowest BCUT2D eigenvalue weighted by molar-refractivity contribution is 0.0473. The first kappa shape index (κ1) is 23.9. The maximum absolute atomic E-state index is 13.3. The zero-order valence-electron chi connectivity index (χ0n) is 18.4. The van der Waals surface area contributed by atoms with Gasteiger partial charge in [-0.3, -0.25) is 4.79 Å². The van der Waals surface area contributed by atoms with Crippen LogP contribution in [0.15, 0.2) is 71.6 Å². The molecule has 7 nitrogen and oxygen atoms in total. The summed E-state index contributed by atoms with van der Waals surface area (Å²) in [4.78, 5) is 24.9. The Morgan fingerprint density at radius 3 is 2.47 bits per heavy atom. The van der Waals surface area contributed by atoms with Crippen LogP contribution in [0.3, 0.4) is 0 Å². The molecular weight excluding hydrogens is 478 g/mol. The topological polar surface area (TPSA) is 90.0 Å². The summed E-state index contributed by atoms with van der Waals surface area (Å²) in [5.74, 6) is -0.911. The molecule has 0 spiro atoms. The summed E-state index contributed by atoms with van der Waals surface area (Å²) in [7, 11) is -2.53. The molecule has 0 fully saturated rings. The summed E-state index contributed by atoms with van der Waals surface area (Å²) >= 11 is 6.22. The Kier molecular flexibility index (Phi) is 7.02. The number of carbonyl (C=O) groups is 2. The number of ether oxygens (including phenoxy) is 2. The zero-order valence-corrected chi connectivity index (χ0v) is 19.9. The monoisotopic (exact) mass is 499 g/mol. The highest BCUT2D eigenvalue weighted by Crippen LogP contribution is 2.30. The fraction of sp³-hybridized carbons (Fsp3) is 0.200. The van der Waals surface area contributed by atoms with E-state index in [0.717, 1.165) is 11.1 Å². The highest BCUT2D eigenvalue weighted by molar-refractivity contribution is 7.89. The van der Waals surface area contributed by atoms with Gasteiger partial charge in [0.05, 0.1) is 23.3 Å². The van der Waals surface area contributed by atoms with Gasteiger partial charge in [-0.15, -0.1) is 0 Å². The minimum Gasteiger partial charge on any atom is -0.496 e. The molecule has 0 unspecified atom stereocenters. The summed E-state index contributed by atoms with van der Waals surface area (Å²) in [5, 5.41) is 0.000469. The number of Topliss-reactive ketones (excluding diaryl/α,β-unsaturated/α-hetero) is 1. The minimum atomic E-state index is -3.96. The standard InChI is InChI=1S/C25H22ClNO6S/c1-32-23-9-5-4-8-20(23)22(28)16-33-25(29)18-10-11-21(26)24(14-18)34(30,31)27-13-12-17-6-2-3-7-19(17)15-27/h2-11,14H,12-13,15-16H2,1H3. The molecule has 176 valence electrons. The zero-order chi connectivity index (χ0) is 24.3. The van der Waals surface area contributed by atoms with Crippen molar-refractivity contribution in [1.82, 2.24) is 4.31 Å². The van der Waals surface area contributed by atoms with Gasteiger partial charge in [0.15, 0.2) is 6.61 Å². The van der Waals surface area contributed by atoms with Gasteiger partial charge in [0.2, 0.25) is 15.8 Å². The molecule has 3 aromatic carbocycles. The second kappa shape index (κ2) is 9.97. The van der Waals surface area contributed by atoms with Crippen LogP contribution >= 0.6 is 11.6 Å². The number of fused-ring (bicyclic) bond motifs is 1. The van der Waals surface area contributed by atoms with E-state index in [4.69, 9.17) is 21.1 Å². The van der Waals surface area contributed by atoms with Crippen molar-refractivity contribution >= 4 is 33.4 Å². The Hall–Kier alpha value is -3.20. The predicted molar refractivity (Wildman–Crippen MR) is 127 cm³/mol. The van der Waals surface area contributed by atoms with Gasteiger partial charge in [0.1, 0.15) is 10.6 Å². The molecule has 0 saturated carbocycles. The van der Waals surface area contributed by atoms with Crippen LogP contribution in [0.2, 0.25) is 5.02 Å². The molecule has 1 aliphatic heterocycles. The average molecular weight is 500 g/mol. The fourth-order valence-corrected chi connectivity index (χ4v) is 5.73. The van der Waals surface area contributed by atoms with Crippen LogP contribution in [0.25, 0.3) is 0 Å². The average Bonchev–Trinajstić information content (AvgIpc) is 2.86. The van der Waals surface area contributed by atoms with Gasteiger partial charge in [-0.2, -0.15) is 4.31 Å². The van der Waals surface area contributed by atoms with E-state index in [1.807, 2.05) is 24.3 Å². The van der Waals surface area contributed by atoms with Gasteiger partial charge in [-0.25, -0.2) is 13.2 Å². The van der Waals surface area contributed by atoms with Crippen LogP contribution in [0.5, 0.6) is 5.75 Å². The lowest BCUT2D eigenvalue weighted by atomic mass is 10.0. The molecule has 3 aromatic rings. The number of halogens is 1. The third kappa shape index (κ3) is 4.84. The molecule has 0 bridgehead atoms. The number of hydrogen-bond acceptors (Lipinski definition) is 6. The number of benzene rings is 3. The Morgan fingerprint density at radius 1 is 1.00 bits per heavy atom. The molecule has 0 radical (unpaired) electrons. The van der Waals surface area contributed by atoms with E-state index in [9.17, 15) is 18.0 Å². The summed E-state index contributed by atoms with van der Waals surface area (Å²) < 4.78 is 38.3. The fourth-order valence-electron chi connectivity index (χ4n) is 3.81. The molecule has 1 aliphatic rings. The number of methoxy groups -OCH3 is 1. The van der Waals surface area contributed by atoms with Gasteiger partial charge in [0.25, 0.3) is 0 Å². The largest absolute Gasteiger partial charge is 0.496 e. The third-order valence-electron chi connectivity index (χ3n) is 5.62. The molecule has 0 atom stereocenters. The van der Waals surface area contributed by atoms with Crippen molar-refractivity contribution in [3.05, 3.63) is 94.0 Å². The number of sulfonamides is 1. The number of ketones is 1. The van der Waals surface area contributed by atoms with E-state index < -0.39 is 28.4 Å². The smallest absolute Gasteiger partial charge is 0.338 e. The molecule has 0 saturated heterocycles. The molecule has 34 heavy (non-hydrogen) atoms. The number of esters is 1. The number of hydrogen-bond donors (Lipinski definition) is 0. The van der Waals surface area contributed by atoms with Gasteiger partial charge in [-0.1, -0.05) is 48.0 Å². The molecule has 9 heteroatoms. The number of rotatable bonds is 7. The van der Waals surface area contributed by atoms with Crippen LogP contribution in [0.4, 0.5) is 0 Å². The molecule has 0 N–H and O–H groups in total. The lowest BCUT2D eigenvalue weighted by Gasteiger charge is -2.28. The summed E-state index contributed by atoms with van der Waals surface area (Å²) in [6.45, 7) is 0.00149. The summed E-state index contributed by atoms with van der Waals surface area (Å²) in [6, 6.07) is 18.1. The van der Waals surface area contributed by atoms with Gasteiger partial charge < -0.3 is 9.47 Å². The van der Waals surface area contributed by atoms with E-state index >= 15 is 0 Å². The van der Waals surface area contributed by atoms with Gasteiger partial charge >= 0.3 is 5.97 Å². The van der Waals surface area contributed by atoms with E-state index in [0.29, 0.717) is 18.7 Å². The molecule has 4 rings (SSSR count). The van der Waals surface area contributed by atoms with Crippen LogP contribution < -0.4 is 4.74 Å². The highest BCUT2D eigenvalue weighted by atomic mass is 35.5. The van der Waals surface area contributed by atoms with Crippen LogP contribution in [-0.2, 0) is 27.7 Å². The third-order valence-corrected chi connectivity index (χ3v) is 7.95. The van der Waals surface area contributed by atoms with E-state index in [2.05, 4.69) is 0 Å². The van der Waals surface area contributed by atoms with E-state index in [-0.39, 0.29) is 27.6 Å². The van der Waals surface area contributed by atoms with Crippen molar-refractivity contribution in [2.75, 3.05) is 20.3 Å². The van der Waals surface area contributed by atoms with Crippen LogP contribution in [-0.4, -0.2) is 44.7 Å². The van der Waals surface area contributed by atoms with Crippen molar-refractivity contribution in [2.24, 2.45) is 0 Å². The summed E-state index contributed by atoms with van der Waals surface area (Å²) in [5.41, 5.74) is 2.30. The Bertz CT molecular complexity index is 1360. The minimum absolute atomic E-state index is 0.000469. The van der Waals surface area contributed by atoms with Gasteiger partial charge in [-0.05, 0) is 47.9 Å². The maximum atomic E-state index is 13.3. The predicted octanol–water partition coefficient (Wildman–Crippen LogP) is 4.14. The Labute approximate surface area is 202 Å². The Morgan fingerprint density at radius 2 is 1.71 bits per heavy atom. The van der Waals surface area contributed by atoms with Crippen molar-refractivity contribution in [2.45, 2.75) is 17.9 Å². The second-order valence-corrected chi connectivity index (χ2v) is 10.0. The van der Waals surface area contributed by atoms with E-state index in [1.54, 1.807) is 24.3 Å². The Balaban J connectivity index is 1.51. The number of para-hydroxylation sites is 1. The number of carbonyl (C=O) groups excluding carboxylic acids is 2. The van der Waals surface area contributed by atoms with Crippen molar-refractivity contribution in [3.8, 4) is 5.75 Å². The van der Waals surface area contributed by atoms with Crippen LogP contribution in [0.1, 0.15) is 31.8 Å². The van der Waals surface area contributed by atoms with Gasteiger partial charge in [0, 0.05) is 13.1 Å². The first-order valence-electron chi connectivity index (χ1n) is 10.5. The first-order chi connectivity index (χ1) is 16.3. The quantitative estimate of drug-likeness (QED) is 0.358. The first-order valence-corrected chi connectivity index (χ1v) is 12.3. The van der Waals surface area contributed by atoms with E-state index in [1.165, 1.54) is 29.6 Å². The van der Waals surface area contributed by atoms with Crippen molar-refractivity contribution in [3.63, 3.8) is 0 Å². The molecular formula is C25H22ClNO6S. The number of nitrogens with zero attached hydrogens (tertiary/aromatic N) is 1. The molecule has 0 amide bonds. The molecule has 0 aliphatic carbocycles. The lowest BCUT2D eigenvalue weighted by Crippen LogP contribution is -2.36. The molecule has 0 aromatic heterocycles. The summed E-state index contributed by atoms with van der Waals surface area (Å²) in [6.07, 6.45) is 0.583. The van der Waals surface area contributed by atoms with Crippen molar-refractivity contribution in [1.29, 1.82) is 0 Å². The maximum Gasteiger partial charge on any atom is 0.338 e. The second-order valence-electron chi connectivity index (χ2n) is 7.70. The van der Waals surface area contributed by atoms with Crippen molar-refractivity contribution < 1.29 is 27.5 Å².